The molecule has 3 heterocycles. The van der Waals surface area contributed by atoms with E-state index in [1.165, 1.54) is 0 Å². The normalized spacial score (nSPS) is 20.4. The summed E-state index contributed by atoms with van der Waals surface area (Å²) in [4.78, 5) is 23.5. The Labute approximate surface area is 240 Å². The van der Waals surface area contributed by atoms with E-state index in [9.17, 15) is 4.79 Å². The van der Waals surface area contributed by atoms with Crippen LogP contribution in [-0.4, -0.2) is 58.6 Å². The molecule has 1 saturated heterocycles. The van der Waals surface area contributed by atoms with Crippen LogP contribution in [0.3, 0.4) is 0 Å². The molecule has 4 atom stereocenters. The van der Waals surface area contributed by atoms with Crippen LogP contribution in [0.2, 0.25) is 0 Å². The quantitative estimate of drug-likeness (QED) is 0.170. The minimum absolute atomic E-state index is 0.107. The van der Waals surface area contributed by atoms with E-state index in [0.717, 1.165) is 47.9 Å². The molecule has 8 nitrogen and oxygen atoms in total. The van der Waals surface area contributed by atoms with Crippen molar-refractivity contribution in [2.75, 3.05) is 24.6 Å². The lowest BCUT2D eigenvalue weighted by Gasteiger charge is -2.37. The van der Waals surface area contributed by atoms with E-state index < -0.39 is 8.53 Å². The average Bonchev–Trinajstić information content (AvgIpc) is 3.33. The molecule has 0 aliphatic carbocycles. The van der Waals surface area contributed by atoms with Gasteiger partial charge in [-0.25, -0.2) is 9.65 Å². The second-order valence-corrected chi connectivity index (χ2v) is 12.5. The van der Waals surface area contributed by atoms with Crippen molar-refractivity contribution < 1.29 is 13.8 Å². The number of H-pyrrole nitrogens is 1. The number of fused-ring (bicyclic) bond motifs is 2. The lowest BCUT2D eigenvalue weighted by Crippen LogP contribution is -2.35. The van der Waals surface area contributed by atoms with Crippen LogP contribution in [0.4, 0.5) is 5.69 Å². The molecule has 220 valence electrons. The first kappa shape index (κ1) is 30.9. The fourth-order valence-corrected chi connectivity index (χ4v) is 7.47. The lowest BCUT2D eigenvalue weighted by molar-refractivity contribution is 0.00915. The molecule has 0 spiro atoms. The van der Waals surface area contributed by atoms with Crippen molar-refractivity contribution >= 4 is 36.1 Å². The first-order valence-corrected chi connectivity index (χ1v) is 16.1. The maximum Gasteiger partial charge on any atom is 0.259 e. The zero-order valence-corrected chi connectivity index (χ0v) is 26.3. The number of nitrogens with zero attached hydrogens (tertiary/aromatic N) is 3. The number of hydrogen-bond donors (Lipinski definition) is 1. The second kappa shape index (κ2) is 13.7. The van der Waals surface area contributed by atoms with Gasteiger partial charge in [-0.2, -0.15) is 0 Å². The Morgan fingerprint density at radius 1 is 1.05 bits per heavy atom. The molecule has 0 saturated carbocycles. The van der Waals surface area contributed by atoms with Crippen LogP contribution >= 0.6 is 8.53 Å². The first-order valence-electron chi connectivity index (χ1n) is 15.0. The summed E-state index contributed by atoms with van der Waals surface area (Å²) in [6.45, 7) is 19.7. The second-order valence-electron chi connectivity index (χ2n) is 11.1. The zero-order chi connectivity index (χ0) is 29.0. The molecule has 1 unspecified atom stereocenters. The number of aromatic nitrogens is 2. The fourth-order valence-electron chi connectivity index (χ4n) is 5.62. The maximum atomic E-state index is 13.3. The molecule has 0 bridgehead atoms. The smallest absolute Gasteiger partial charge is 0.259 e. The molecule has 3 aromatic rings. The number of aromatic amines is 1. The van der Waals surface area contributed by atoms with E-state index in [4.69, 9.17) is 18.8 Å². The van der Waals surface area contributed by atoms with Gasteiger partial charge in [-0.3, -0.25) is 4.79 Å². The number of rotatable bonds is 13. The molecule has 2 aromatic heterocycles. The van der Waals surface area contributed by atoms with Gasteiger partial charge in [0.1, 0.15) is 5.65 Å². The van der Waals surface area contributed by atoms with E-state index >= 15 is 0 Å². The maximum absolute atomic E-state index is 13.3. The third-order valence-corrected chi connectivity index (χ3v) is 9.75. The molecular weight excluding hydrogens is 523 g/mol. The fraction of sp³-hybridized carbons (Fsp3) is 0.613. The third kappa shape index (κ3) is 6.69. The molecule has 1 aliphatic rings. The predicted molar refractivity (Wildman–Crippen MR) is 166 cm³/mol. The number of hydrogen-bond acceptors (Lipinski definition) is 7. The van der Waals surface area contributed by atoms with Crippen LogP contribution in [0.1, 0.15) is 86.3 Å². The van der Waals surface area contributed by atoms with Gasteiger partial charge in [-0.1, -0.05) is 19.9 Å². The highest BCUT2D eigenvalue weighted by atomic mass is 31.2. The number of anilines is 1. The van der Waals surface area contributed by atoms with Crippen LogP contribution in [0.15, 0.2) is 35.1 Å². The van der Waals surface area contributed by atoms with Gasteiger partial charge in [0, 0.05) is 53.6 Å². The van der Waals surface area contributed by atoms with Crippen LogP contribution in [0.5, 0.6) is 0 Å². The van der Waals surface area contributed by atoms with Crippen molar-refractivity contribution in [3.05, 3.63) is 46.2 Å². The molecule has 1 aliphatic heterocycles. The van der Waals surface area contributed by atoms with Crippen LogP contribution in [0.25, 0.3) is 21.9 Å². The molecule has 4 rings (SSSR count). The van der Waals surface area contributed by atoms with Gasteiger partial charge >= 0.3 is 0 Å². The SMILES string of the molecule is CCCOP(O[C@@H]1C[C@H](c2cc3cc4ccc(N(CC)CC)cc4nc3[nH]c2=O)O[C@@H]1CC)N(C(C)C)C(C)C. The molecule has 1 N–H and O–H groups in total. The van der Waals surface area contributed by atoms with Gasteiger partial charge in [0.2, 0.25) is 0 Å². The van der Waals surface area contributed by atoms with Gasteiger partial charge < -0.3 is 23.7 Å². The van der Waals surface area contributed by atoms with Crippen molar-refractivity contribution in [3.63, 3.8) is 0 Å². The summed E-state index contributed by atoms with van der Waals surface area (Å²) in [6, 6.07) is 11.0. The largest absolute Gasteiger partial charge is 0.372 e. The van der Waals surface area contributed by atoms with Crippen molar-refractivity contribution in [1.82, 2.24) is 14.6 Å². The monoisotopic (exact) mass is 570 g/mol. The van der Waals surface area contributed by atoms with Gasteiger partial charge in [-0.15, -0.1) is 0 Å². The molecule has 9 heteroatoms. The minimum Gasteiger partial charge on any atom is -0.372 e. The number of benzene rings is 1. The highest BCUT2D eigenvalue weighted by Crippen LogP contribution is 2.50. The summed E-state index contributed by atoms with van der Waals surface area (Å²) < 4.78 is 21.7. The van der Waals surface area contributed by atoms with Gasteiger partial charge in [-0.05, 0) is 78.6 Å². The highest BCUT2D eigenvalue weighted by molar-refractivity contribution is 7.44. The van der Waals surface area contributed by atoms with Crippen molar-refractivity contribution in [2.45, 2.75) is 105 Å². The van der Waals surface area contributed by atoms with Crippen molar-refractivity contribution in [2.24, 2.45) is 0 Å². The van der Waals surface area contributed by atoms with E-state index in [2.05, 4.69) is 94.2 Å². The van der Waals surface area contributed by atoms with Crippen LogP contribution in [-0.2, 0) is 13.8 Å². The molecule has 0 radical (unpaired) electrons. The topological polar surface area (TPSA) is 79.9 Å². The van der Waals surface area contributed by atoms with Crippen LogP contribution < -0.4 is 10.5 Å². The van der Waals surface area contributed by atoms with E-state index in [1.807, 2.05) is 6.07 Å². The standard InChI is InChI=1S/C31H47N4O4P/c1-9-15-37-40(35(20(5)6)21(7)8)39-29-19-28(38-27(29)10-2)25-17-23-16-22-13-14-24(34(11-3)12-4)18-26(22)32-30(23)33-31(25)36/h13-14,16-18,20-21,27-29H,9-12,15,19H2,1-8H3,(H,32,33,36)/t27-,28-,29-,40?/m1/s1. The Hall–Kier alpha value is -2.09. The molecule has 1 fully saturated rings. The van der Waals surface area contributed by atoms with Crippen molar-refractivity contribution in [1.29, 1.82) is 0 Å². The van der Waals surface area contributed by atoms with E-state index in [0.29, 0.717) is 24.2 Å². The van der Waals surface area contributed by atoms with E-state index in [1.54, 1.807) is 0 Å². The Bertz CT molecular complexity index is 1320. The van der Waals surface area contributed by atoms with Crippen molar-refractivity contribution in [3.8, 4) is 0 Å². The molecule has 0 amide bonds. The van der Waals surface area contributed by atoms with Crippen LogP contribution in [0, 0.1) is 0 Å². The predicted octanol–water partition coefficient (Wildman–Crippen LogP) is 7.32. The Morgan fingerprint density at radius 3 is 2.40 bits per heavy atom. The Kier molecular flexibility index (Phi) is 10.6. The molecule has 40 heavy (non-hydrogen) atoms. The molecule has 1 aromatic carbocycles. The Morgan fingerprint density at radius 2 is 1.77 bits per heavy atom. The van der Waals surface area contributed by atoms with Gasteiger partial charge in [0.15, 0.2) is 0 Å². The summed E-state index contributed by atoms with van der Waals surface area (Å²) in [7, 11) is -1.25. The Balaban J connectivity index is 1.62. The zero-order valence-electron chi connectivity index (χ0n) is 25.4. The summed E-state index contributed by atoms with van der Waals surface area (Å²) in [5.41, 5.74) is 3.07. The van der Waals surface area contributed by atoms with Gasteiger partial charge in [0.25, 0.3) is 14.1 Å². The summed E-state index contributed by atoms with van der Waals surface area (Å²) in [5.74, 6) is 0. The number of pyridine rings is 2. The molecular formula is C31H47N4O4P. The lowest BCUT2D eigenvalue weighted by atomic mass is 10.0. The number of nitrogens with one attached hydrogen (secondary N) is 1. The first-order chi connectivity index (χ1) is 19.2. The average molecular weight is 571 g/mol. The summed E-state index contributed by atoms with van der Waals surface area (Å²) in [5, 5.41) is 1.94. The summed E-state index contributed by atoms with van der Waals surface area (Å²) in [6.07, 6.45) is 1.73. The highest BCUT2D eigenvalue weighted by Gasteiger charge is 2.40. The number of ether oxygens (including phenoxy) is 1. The summed E-state index contributed by atoms with van der Waals surface area (Å²) >= 11 is 0. The van der Waals surface area contributed by atoms with Gasteiger partial charge in [0.05, 0.1) is 30.4 Å². The third-order valence-electron chi connectivity index (χ3n) is 7.59. The van der Waals surface area contributed by atoms with E-state index in [-0.39, 0.29) is 36.0 Å². The minimum atomic E-state index is -1.25.